The van der Waals surface area contributed by atoms with Crippen LogP contribution in [0.5, 0.6) is 0 Å². The van der Waals surface area contributed by atoms with Gasteiger partial charge in [0.2, 0.25) is 0 Å². The molecule has 0 saturated carbocycles. The van der Waals surface area contributed by atoms with Gasteiger partial charge in [-0.3, -0.25) is 21.0 Å². The molecule has 700 valence electrons. The van der Waals surface area contributed by atoms with E-state index in [4.69, 9.17) is 0 Å². The van der Waals surface area contributed by atoms with Crippen LogP contribution in [0.4, 0.5) is 0 Å². The van der Waals surface area contributed by atoms with Crippen molar-refractivity contribution in [1.29, 1.82) is 0 Å². The third-order valence-corrected chi connectivity index (χ3v) is 17.8. The Bertz CT molecular complexity index is 3430. The van der Waals surface area contributed by atoms with Gasteiger partial charge < -0.3 is 49.3 Å². The molecule has 5 N–H and O–H groups in total. The van der Waals surface area contributed by atoms with Crippen molar-refractivity contribution in [3.05, 3.63) is 329 Å². The molecule has 10 rings (SSSR count). The average molecular weight is 1800 g/mol. The van der Waals surface area contributed by atoms with Crippen molar-refractivity contribution in [3.8, 4) is 0 Å². The molecule has 124 heavy (non-hydrogen) atoms. The third-order valence-electron chi connectivity index (χ3n) is 14.0. The standard InChI is InChI=1S/5C10H15NO2S.5C7H8.3C3H8.5C2H6/c5*1-8(2)11-7-9-5-3-4-6-10(9)14(12)13;5*1-7-5-3-2-4-6-7;3*1-3-2;5*1-2/h5*3-6,8,11H,7H2,1-2H3,(H,12,13);5*2-6H,1H3;3*3H2,1-2H3;5*1-2H3/p-5. The lowest BCUT2D eigenvalue weighted by molar-refractivity contribution is 0.531. The highest BCUT2D eigenvalue weighted by atomic mass is 32.2. The Labute approximate surface area is 770 Å². The van der Waals surface area contributed by atoms with E-state index in [9.17, 15) is 43.8 Å². The first kappa shape index (κ1) is 132. The van der Waals surface area contributed by atoms with E-state index in [1.54, 1.807) is 60.7 Å². The number of nitrogens with one attached hydrogen (secondary N) is 5. The minimum absolute atomic E-state index is 0.350. The van der Waals surface area contributed by atoms with Crippen LogP contribution in [0.3, 0.4) is 0 Å². The molecule has 0 saturated heterocycles. The monoisotopic (exact) mass is 1800 g/mol. The van der Waals surface area contributed by atoms with Gasteiger partial charge >= 0.3 is 0 Å². The van der Waals surface area contributed by atoms with E-state index in [1.807, 2.05) is 290 Å². The van der Waals surface area contributed by atoms with Gasteiger partial charge in [0.1, 0.15) is 0 Å². The largest absolute Gasteiger partial charge is 0.768 e. The molecule has 0 aromatic heterocycles. The highest BCUT2D eigenvalue weighted by Crippen LogP contribution is 2.17. The summed E-state index contributed by atoms with van der Waals surface area (Å²) in [5, 5.41) is 15.9. The van der Waals surface area contributed by atoms with E-state index < -0.39 is 55.4 Å². The van der Waals surface area contributed by atoms with E-state index in [-0.39, 0.29) is 0 Å². The van der Waals surface area contributed by atoms with Crippen LogP contribution in [-0.4, -0.2) is 74.0 Å². The predicted molar refractivity (Wildman–Crippen MR) is 539 cm³/mol. The van der Waals surface area contributed by atoms with Crippen LogP contribution in [0.2, 0.25) is 0 Å². The summed E-state index contributed by atoms with van der Waals surface area (Å²) in [4.78, 5) is 1.88. The fourth-order valence-corrected chi connectivity index (χ4v) is 11.0. The summed E-state index contributed by atoms with van der Waals surface area (Å²) in [6, 6.07) is 88.1. The summed E-state index contributed by atoms with van der Waals surface area (Å²) in [7, 11) is 0. The third kappa shape index (κ3) is 84.1. The van der Waals surface area contributed by atoms with Gasteiger partial charge in [0, 0.05) is 87.4 Å². The van der Waals surface area contributed by atoms with Gasteiger partial charge in [-0.25, -0.2) is 0 Å². The fraction of sp³-hybridized carbons (Fsp3) is 0.423. The molecule has 0 aliphatic carbocycles. The van der Waals surface area contributed by atoms with E-state index in [0.29, 0.717) is 87.4 Å². The molecule has 20 heteroatoms. The van der Waals surface area contributed by atoms with Gasteiger partial charge in [0.05, 0.1) is 0 Å². The highest BCUT2D eigenvalue weighted by Gasteiger charge is 2.07. The lowest BCUT2D eigenvalue weighted by Gasteiger charge is -2.13. The van der Waals surface area contributed by atoms with Crippen LogP contribution >= 0.6 is 0 Å². The van der Waals surface area contributed by atoms with Crippen molar-refractivity contribution in [2.24, 2.45) is 0 Å². The van der Waals surface area contributed by atoms with Gasteiger partial charge in [-0.1, -0.05) is 470 Å². The number of rotatable bonds is 20. The van der Waals surface area contributed by atoms with E-state index in [0.717, 1.165) is 27.8 Å². The van der Waals surface area contributed by atoms with E-state index >= 15 is 0 Å². The van der Waals surface area contributed by atoms with Crippen molar-refractivity contribution in [1.82, 2.24) is 26.6 Å². The summed E-state index contributed by atoms with van der Waals surface area (Å²) in [6.45, 7) is 66.3. The van der Waals surface area contributed by atoms with Crippen LogP contribution in [0.25, 0.3) is 0 Å². The summed E-state index contributed by atoms with van der Waals surface area (Å²) in [5.41, 5.74) is 10.7. The van der Waals surface area contributed by atoms with Crippen LogP contribution in [0, 0.1) is 34.6 Å². The van der Waals surface area contributed by atoms with Gasteiger partial charge in [0.15, 0.2) is 0 Å². The minimum Gasteiger partial charge on any atom is -0.768 e. The van der Waals surface area contributed by atoms with Crippen LogP contribution in [0.15, 0.2) is 297 Å². The van der Waals surface area contributed by atoms with Crippen molar-refractivity contribution < 1.29 is 43.8 Å². The number of benzene rings is 10. The molecule has 10 aromatic rings. The molecule has 5 unspecified atom stereocenters. The molecule has 0 fully saturated rings. The first-order valence-electron chi connectivity index (χ1n) is 43.9. The Kier molecular flexibility index (Phi) is 102. The quantitative estimate of drug-likeness (QED) is 0.0444. The topological polar surface area (TPSA) is 261 Å². The Balaban J connectivity index is -0.000000198. The number of hydrogen-bond acceptors (Lipinski definition) is 15. The highest BCUT2D eigenvalue weighted by molar-refractivity contribution is 7.80. The van der Waals surface area contributed by atoms with E-state index in [1.165, 1.54) is 47.1 Å². The lowest BCUT2D eigenvalue weighted by atomic mass is 10.2. The van der Waals surface area contributed by atoms with Gasteiger partial charge in [-0.05, 0) is 148 Å². The molecule has 0 bridgehead atoms. The van der Waals surface area contributed by atoms with Crippen molar-refractivity contribution in [3.63, 3.8) is 0 Å². The van der Waals surface area contributed by atoms with Crippen molar-refractivity contribution >= 4 is 55.4 Å². The van der Waals surface area contributed by atoms with Gasteiger partial charge in [-0.15, -0.1) is 0 Å². The maximum absolute atomic E-state index is 10.8. The Morgan fingerprint density at radius 2 is 0.298 bits per heavy atom. The maximum atomic E-state index is 10.8. The summed E-state index contributed by atoms with van der Waals surface area (Å²) in [6.07, 6.45) is 3.75. The molecule has 0 aliphatic rings. The normalized spacial score (nSPS) is 10.6. The lowest BCUT2D eigenvalue weighted by Crippen LogP contribution is -2.22. The Morgan fingerprint density at radius 3 is 0.379 bits per heavy atom. The Hall–Kier alpha value is -7.45. The van der Waals surface area contributed by atoms with Gasteiger partial charge in [-0.2, -0.15) is 0 Å². The molecular weight excluding hydrogens is 1640 g/mol. The maximum Gasteiger partial charge on any atom is 0.0293 e. The molecule has 5 atom stereocenters. The summed E-state index contributed by atoms with van der Waals surface area (Å²) < 4.78 is 108. The van der Waals surface area contributed by atoms with Crippen molar-refractivity contribution in [2.75, 3.05) is 0 Å². The zero-order valence-electron chi connectivity index (χ0n) is 81.6. The van der Waals surface area contributed by atoms with Gasteiger partial charge in [0.25, 0.3) is 0 Å². The first-order valence-corrected chi connectivity index (χ1v) is 49.2. The second-order valence-corrected chi connectivity index (χ2v) is 31.8. The second-order valence-electron chi connectivity index (χ2n) is 27.3. The number of aryl methyl sites for hydroxylation is 5. The molecule has 0 radical (unpaired) electrons. The molecule has 0 heterocycles. The van der Waals surface area contributed by atoms with Crippen LogP contribution in [0.1, 0.15) is 255 Å². The molecule has 15 nitrogen and oxygen atoms in total. The molecular formula is C104H164N5O10S5-5. The van der Waals surface area contributed by atoms with E-state index in [2.05, 4.69) is 163 Å². The van der Waals surface area contributed by atoms with Crippen LogP contribution < -0.4 is 26.6 Å². The number of hydrogen-bond donors (Lipinski definition) is 5. The van der Waals surface area contributed by atoms with Crippen molar-refractivity contribution in [2.45, 2.75) is 321 Å². The second kappa shape index (κ2) is 96.2. The average Bonchev–Trinajstić information content (AvgIpc) is 0.896. The molecule has 0 amide bonds. The SMILES string of the molecule is CC.CC.CC.CC.CC.CC(C)NCc1ccccc1S(=O)[O-].CC(C)NCc1ccccc1S(=O)[O-].CC(C)NCc1ccccc1S(=O)[O-].CC(C)NCc1ccccc1S(=O)[O-].CC(C)NCc1ccccc1S(=O)[O-].CCC.CCC.CCC.Cc1ccccc1.Cc1ccccc1.Cc1ccccc1.Cc1ccccc1.Cc1ccccc1. The first-order chi connectivity index (χ1) is 59.3. The minimum atomic E-state index is -2.15. The molecule has 0 spiro atoms. The van der Waals surface area contributed by atoms with Crippen LogP contribution in [-0.2, 0) is 88.1 Å². The Morgan fingerprint density at radius 1 is 0.202 bits per heavy atom. The zero-order chi connectivity index (χ0) is 96.4. The summed E-state index contributed by atoms with van der Waals surface area (Å²) >= 11 is -10.7. The fourth-order valence-electron chi connectivity index (χ4n) is 8.30. The summed E-state index contributed by atoms with van der Waals surface area (Å²) in [5.74, 6) is 0. The predicted octanol–water partition coefficient (Wildman–Crippen LogP) is 26.5. The molecule has 0 aliphatic heterocycles. The molecule has 10 aromatic carbocycles. The zero-order valence-corrected chi connectivity index (χ0v) is 85.7. The smallest absolute Gasteiger partial charge is 0.0293 e.